The number of carbonyl (C=O) groups excluding carboxylic acids is 2. The molecule has 0 unspecified atom stereocenters. The predicted molar refractivity (Wildman–Crippen MR) is 56.6 cm³/mol. The summed E-state index contributed by atoms with van der Waals surface area (Å²) in [4.78, 5) is 21.3. The molecule has 0 saturated heterocycles. The average Bonchev–Trinajstić information content (AvgIpc) is 2.13. The van der Waals surface area contributed by atoms with Crippen LogP contribution in [0.25, 0.3) is 0 Å². The maximum atomic E-state index is 10.6. The summed E-state index contributed by atoms with van der Waals surface area (Å²) >= 11 is 0. The van der Waals surface area contributed by atoms with E-state index in [1.807, 2.05) is 0 Å². The minimum Gasteiger partial charge on any atom is -0.463 e. The molecular formula is C8H14O8S. The molecule has 0 aromatic rings. The number of rotatable bonds is 4. The Morgan fingerprint density at radius 3 is 1.41 bits per heavy atom. The number of ether oxygens (including phenoxy) is 2. The molecule has 0 fully saturated rings. The third kappa shape index (κ3) is 25.1. The lowest BCUT2D eigenvalue weighted by atomic mass is 10.5. The molecule has 9 heteroatoms. The van der Waals surface area contributed by atoms with Crippen molar-refractivity contribution in [2.75, 3.05) is 13.2 Å². The van der Waals surface area contributed by atoms with Gasteiger partial charge in [0.05, 0.1) is 13.2 Å². The Kier molecular flexibility index (Phi) is 10.3. The van der Waals surface area contributed by atoms with Crippen LogP contribution >= 0.6 is 0 Å². The molecule has 0 aromatic carbocycles. The number of hydrogen-bond acceptors (Lipinski definition) is 6. The first-order valence-corrected chi connectivity index (χ1v) is 5.81. The zero-order valence-electron chi connectivity index (χ0n) is 9.32. The summed E-state index contributed by atoms with van der Waals surface area (Å²) in [6.45, 7) is 3.98. The van der Waals surface area contributed by atoms with Crippen LogP contribution in [0.4, 0.5) is 0 Å². The van der Waals surface area contributed by atoms with Gasteiger partial charge in [0.2, 0.25) is 0 Å². The van der Waals surface area contributed by atoms with Gasteiger partial charge in [-0.25, -0.2) is 9.59 Å². The Morgan fingerprint density at radius 1 is 1.00 bits per heavy atom. The van der Waals surface area contributed by atoms with E-state index in [2.05, 4.69) is 9.47 Å². The molecular weight excluding hydrogens is 256 g/mol. The van der Waals surface area contributed by atoms with Crippen molar-refractivity contribution in [3.05, 3.63) is 12.2 Å². The van der Waals surface area contributed by atoms with E-state index in [0.717, 1.165) is 12.2 Å². The van der Waals surface area contributed by atoms with Crippen LogP contribution in [0.2, 0.25) is 0 Å². The van der Waals surface area contributed by atoms with E-state index in [1.54, 1.807) is 13.8 Å². The van der Waals surface area contributed by atoms with Crippen molar-refractivity contribution in [1.82, 2.24) is 0 Å². The van der Waals surface area contributed by atoms with E-state index >= 15 is 0 Å². The highest BCUT2D eigenvalue weighted by Crippen LogP contribution is 1.84. The molecule has 0 radical (unpaired) electrons. The first kappa shape index (κ1) is 17.9. The van der Waals surface area contributed by atoms with Crippen molar-refractivity contribution in [2.24, 2.45) is 0 Å². The molecule has 17 heavy (non-hydrogen) atoms. The Balaban J connectivity index is 0. The van der Waals surface area contributed by atoms with E-state index in [-0.39, 0.29) is 0 Å². The lowest BCUT2D eigenvalue weighted by Gasteiger charge is -1.95. The highest BCUT2D eigenvalue weighted by molar-refractivity contribution is 7.79. The van der Waals surface area contributed by atoms with Gasteiger partial charge in [-0.2, -0.15) is 8.42 Å². The first-order chi connectivity index (χ1) is 7.70. The largest absolute Gasteiger partial charge is 0.463 e. The average molecular weight is 270 g/mol. The summed E-state index contributed by atoms with van der Waals surface area (Å²) in [5, 5.41) is 0. The monoisotopic (exact) mass is 270 g/mol. The molecule has 0 aromatic heterocycles. The number of carbonyl (C=O) groups is 2. The van der Waals surface area contributed by atoms with Crippen LogP contribution in [0.3, 0.4) is 0 Å². The predicted octanol–water partition coefficient (Wildman–Crippen LogP) is 0.0160. The summed E-state index contributed by atoms with van der Waals surface area (Å²) in [5.74, 6) is -1.07. The van der Waals surface area contributed by atoms with E-state index in [9.17, 15) is 9.59 Å². The van der Waals surface area contributed by atoms with Crippen molar-refractivity contribution >= 4 is 22.3 Å². The minimum atomic E-state index is -4.67. The van der Waals surface area contributed by atoms with Crippen LogP contribution in [0, 0.1) is 0 Å². The van der Waals surface area contributed by atoms with Gasteiger partial charge >= 0.3 is 22.3 Å². The number of esters is 2. The Labute approximate surface area is 98.8 Å². The molecule has 0 amide bonds. The normalized spacial score (nSPS) is 10.4. The molecule has 0 bridgehead atoms. The van der Waals surface area contributed by atoms with Crippen LogP contribution in [-0.4, -0.2) is 42.7 Å². The quantitative estimate of drug-likeness (QED) is 0.415. The van der Waals surface area contributed by atoms with Crippen molar-refractivity contribution in [2.45, 2.75) is 13.8 Å². The summed E-state index contributed by atoms with van der Waals surface area (Å²) in [6, 6.07) is 0. The zero-order chi connectivity index (χ0) is 13.9. The molecule has 0 aliphatic heterocycles. The van der Waals surface area contributed by atoms with Gasteiger partial charge in [0.1, 0.15) is 0 Å². The summed E-state index contributed by atoms with van der Waals surface area (Å²) in [6.07, 6.45) is 2.09. The first-order valence-electron chi connectivity index (χ1n) is 4.42. The van der Waals surface area contributed by atoms with Gasteiger partial charge in [-0.15, -0.1) is 0 Å². The molecule has 0 spiro atoms. The van der Waals surface area contributed by atoms with Crippen LogP contribution in [0.15, 0.2) is 12.2 Å². The molecule has 2 N–H and O–H groups in total. The van der Waals surface area contributed by atoms with Crippen LogP contribution < -0.4 is 0 Å². The Morgan fingerprint density at radius 2 is 1.24 bits per heavy atom. The summed E-state index contributed by atoms with van der Waals surface area (Å²) in [5.41, 5.74) is 0. The van der Waals surface area contributed by atoms with E-state index in [4.69, 9.17) is 17.5 Å². The molecule has 0 aliphatic rings. The molecule has 100 valence electrons. The number of hydrogen-bond donors (Lipinski definition) is 2. The van der Waals surface area contributed by atoms with Gasteiger partial charge in [0.15, 0.2) is 0 Å². The van der Waals surface area contributed by atoms with E-state index < -0.39 is 22.3 Å². The van der Waals surface area contributed by atoms with Crippen LogP contribution in [-0.2, 0) is 29.5 Å². The van der Waals surface area contributed by atoms with Gasteiger partial charge in [-0.1, -0.05) is 0 Å². The van der Waals surface area contributed by atoms with E-state index in [0.29, 0.717) is 13.2 Å². The molecule has 0 aliphatic carbocycles. The second-order valence-corrected chi connectivity index (χ2v) is 3.18. The standard InChI is InChI=1S/C8H12O4.H2O4S/c1-3-11-7(9)5-6-8(10)12-4-2;1-5(2,3)4/h5-6H,3-4H2,1-2H3;(H2,1,2,3,4)/b6-5-;. The minimum absolute atomic E-state index is 0.298. The Hall–Kier alpha value is -1.45. The van der Waals surface area contributed by atoms with Gasteiger partial charge in [-0.05, 0) is 13.8 Å². The lowest BCUT2D eigenvalue weighted by molar-refractivity contribution is -0.140. The van der Waals surface area contributed by atoms with Gasteiger partial charge in [0, 0.05) is 12.2 Å². The van der Waals surface area contributed by atoms with Crippen LogP contribution in [0.5, 0.6) is 0 Å². The fourth-order valence-electron chi connectivity index (χ4n) is 0.517. The molecule has 0 atom stereocenters. The fraction of sp³-hybridized carbons (Fsp3) is 0.500. The maximum Gasteiger partial charge on any atom is 0.394 e. The smallest absolute Gasteiger partial charge is 0.394 e. The highest BCUT2D eigenvalue weighted by Gasteiger charge is 1.97. The second kappa shape index (κ2) is 9.75. The fourth-order valence-corrected chi connectivity index (χ4v) is 0.517. The Bertz CT molecular complexity index is 328. The van der Waals surface area contributed by atoms with Crippen molar-refractivity contribution in [3.63, 3.8) is 0 Å². The topological polar surface area (TPSA) is 127 Å². The zero-order valence-corrected chi connectivity index (χ0v) is 10.1. The van der Waals surface area contributed by atoms with E-state index in [1.165, 1.54) is 0 Å². The molecule has 0 rings (SSSR count). The van der Waals surface area contributed by atoms with Gasteiger partial charge in [0.25, 0.3) is 0 Å². The highest BCUT2D eigenvalue weighted by atomic mass is 32.3. The molecule has 0 heterocycles. The van der Waals surface area contributed by atoms with Crippen molar-refractivity contribution in [1.29, 1.82) is 0 Å². The van der Waals surface area contributed by atoms with Crippen LogP contribution in [0.1, 0.15) is 13.8 Å². The summed E-state index contributed by atoms with van der Waals surface area (Å²) in [7, 11) is -4.67. The van der Waals surface area contributed by atoms with Crippen molar-refractivity contribution in [3.8, 4) is 0 Å². The molecule has 0 saturated carbocycles. The summed E-state index contributed by atoms with van der Waals surface area (Å²) < 4.78 is 40.7. The lowest BCUT2D eigenvalue weighted by Crippen LogP contribution is -2.03. The van der Waals surface area contributed by atoms with Crippen molar-refractivity contribution < 1.29 is 36.6 Å². The third-order valence-corrected chi connectivity index (χ3v) is 0.929. The third-order valence-electron chi connectivity index (χ3n) is 0.929. The second-order valence-electron chi connectivity index (χ2n) is 2.29. The molecule has 8 nitrogen and oxygen atoms in total. The van der Waals surface area contributed by atoms with Gasteiger partial charge < -0.3 is 9.47 Å². The maximum absolute atomic E-state index is 10.6. The van der Waals surface area contributed by atoms with Gasteiger partial charge in [-0.3, -0.25) is 9.11 Å². The SMILES string of the molecule is CCOC(=O)/C=C\C(=O)OCC.O=S(=O)(O)O.